The van der Waals surface area contributed by atoms with Crippen LogP contribution in [0.3, 0.4) is 0 Å². The number of esters is 1. The average molecular weight is 417 g/mol. The molecule has 0 bridgehead atoms. The second kappa shape index (κ2) is 10.1. The first kappa shape index (κ1) is 21.5. The molecule has 3 aliphatic rings. The summed E-state index contributed by atoms with van der Waals surface area (Å²) in [6, 6.07) is 8.07. The SMILES string of the molecule is COCc1cccc(C[C@H](O)C=C[C@@H]2[C@H]3CC(=O)O[C@H]3C[C@H]2OC2CCCCO2)c1. The molecule has 30 heavy (non-hydrogen) atoms. The average Bonchev–Trinajstić information content (AvgIpc) is 3.23. The largest absolute Gasteiger partial charge is 0.462 e. The molecular formula is C24H32O6. The highest BCUT2D eigenvalue weighted by atomic mass is 16.7. The molecular weight excluding hydrogens is 384 g/mol. The van der Waals surface area contributed by atoms with E-state index in [1.807, 2.05) is 30.4 Å². The van der Waals surface area contributed by atoms with Crippen LogP contribution in [0.15, 0.2) is 36.4 Å². The maximum Gasteiger partial charge on any atom is 0.306 e. The zero-order valence-electron chi connectivity index (χ0n) is 17.6. The summed E-state index contributed by atoms with van der Waals surface area (Å²) in [5, 5.41) is 10.6. The summed E-state index contributed by atoms with van der Waals surface area (Å²) in [6.07, 6.45) is 7.68. The fraction of sp³-hybridized carbons (Fsp3) is 0.625. The molecule has 6 heteroatoms. The van der Waals surface area contributed by atoms with Crippen molar-refractivity contribution in [1.29, 1.82) is 0 Å². The molecule has 1 unspecified atom stereocenters. The van der Waals surface area contributed by atoms with Crippen LogP contribution in [0.5, 0.6) is 0 Å². The minimum absolute atomic E-state index is 0.0430. The first-order valence-electron chi connectivity index (χ1n) is 11.0. The van der Waals surface area contributed by atoms with Crippen LogP contribution < -0.4 is 0 Å². The number of hydrogen-bond donors (Lipinski definition) is 1. The van der Waals surface area contributed by atoms with Crippen LogP contribution in [-0.2, 0) is 36.8 Å². The van der Waals surface area contributed by atoms with Gasteiger partial charge in [-0.05, 0) is 30.4 Å². The number of rotatable bonds is 8. The number of aliphatic hydroxyl groups excluding tert-OH is 1. The Morgan fingerprint density at radius 1 is 1.30 bits per heavy atom. The van der Waals surface area contributed by atoms with Gasteiger partial charge in [0.15, 0.2) is 6.29 Å². The van der Waals surface area contributed by atoms with E-state index in [0.29, 0.717) is 25.9 Å². The van der Waals surface area contributed by atoms with E-state index in [2.05, 4.69) is 6.07 Å². The fourth-order valence-corrected chi connectivity index (χ4v) is 4.90. The lowest BCUT2D eigenvalue weighted by atomic mass is 9.91. The second-order valence-corrected chi connectivity index (χ2v) is 8.59. The van der Waals surface area contributed by atoms with E-state index >= 15 is 0 Å². The van der Waals surface area contributed by atoms with Gasteiger partial charge >= 0.3 is 5.97 Å². The molecule has 1 saturated carbocycles. The van der Waals surface area contributed by atoms with Crippen molar-refractivity contribution in [3.05, 3.63) is 47.5 Å². The van der Waals surface area contributed by atoms with Crippen LogP contribution in [0, 0.1) is 11.8 Å². The second-order valence-electron chi connectivity index (χ2n) is 8.59. The molecule has 0 aromatic heterocycles. The van der Waals surface area contributed by atoms with Crippen molar-refractivity contribution in [1.82, 2.24) is 0 Å². The maximum absolute atomic E-state index is 11.8. The number of hydrogen-bond acceptors (Lipinski definition) is 6. The summed E-state index contributed by atoms with van der Waals surface area (Å²) in [5.41, 5.74) is 2.15. The van der Waals surface area contributed by atoms with Crippen molar-refractivity contribution in [2.24, 2.45) is 11.8 Å². The van der Waals surface area contributed by atoms with Crippen molar-refractivity contribution < 1.29 is 28.8 Å². The molecule has 0 amide bonds. The van der Waals surface area contributed by atoms with Crippen LogP contribution in [0.4, 0.5) is 0 Å². The van der Waals surface area contributed by atoms with Crippen LogP contribution in [0.2, 0.25) is 0 Å². The van der Waals surface area contributed by atoms with Gasteiger partial charge in [0.25, 0.3) is 0 Å². The molecule has 2 saturated heterocycles. The molecule has 0 spiro atoms. The lowest BCUT2D eigenvalue weighted by molar-refractivity contribution is -0.194. The number of benzene rings is 1. The van der Waals surface area contributed by atoms with Gasteiger partial charge < -0.3 is 24.1 Å². The molecule has 6 nitrogen and oxygen atoms in total. The first-order chi connectivity index (χ1) is 14.6. The number of aliphatic hydroxyl groups is 1. The van der Waals surface area contributed by atoms with Crippen molar-refractivity contribution in [3.63, 3.8) is 0 Å². The van der Waals surface area contributed by atoms with Crippen LogP contribution in [0.1, 0.15) is 43.2 Å². The third-order valence-electron chi connectivity index (χ3n) is 6.32. The van der Waals surface area contributed by atoms with Gasteiger partial charge in [-0.1, -0.05) is 36.4 Å². The van der Waals surface area contributed by atoms with E-state index in [1.165, 1.54) is 0 Å². The summed E-state index contributed by atoms with van der Waals surface area (Å²) in [5.74, 6) is 0.0206. The Kier molecular flexibility index (Phi) is 7.20. The molecule has 1 aliphatic carbocycles. The molecule has 1 aromatic rings. The lowest BCUT2D eigenvalue weighted by Crippen LogP contribution is -2.31. The normalized spacial score (nSPS) is 32.3. The highest BCUT2D eigenvalue weighted by Crippen LogP contribution is 2.44. The fourth-order valence-electron chi connectivity index (χ4n) is 4.90. The summed E-state index contributed by atoms with van der Waals surface area (Å²) < 4.78 is 22.7. The van der Waals surface area contributed by atoms with E-state index in [9.17, 15) is 9.90 Å². The Hall–Kier alpha value is -1.73. The molecule has 2 aliphatic heterocycles. The van der Waals surface area contributed by atoms with Gasteiger partial charge in [-0.25, -0.2) is 0 Å². The molecule has 4 rings (SSSR count). The standard InChI is InChI=1S/C24H32O6/c1-27-15-17-6-4-5-16(11-17)12-18(25)8-9-19-20-13-23(26)29-22(20)14-21(19)30-24-7-2-3-10-28-24/h4-6,8-9,11,18-22,24-25H,2-3,7,10,12-15H2,1H3/t18-,19-,20-,21-,22+,24?/m1/s1. The van der Waals surface area contributed by atoms with Gasteiger partial charge in [-0.15, -0.1) is 0 Å². The molecule has 6 atom stereocenters. The Morgan fingerprint density at radius 3 is 2.97 bits per heavy atom. The van der Waals surface area contributed by atoms with Crippen molar-refractivity contribution in [2.75, 3.05) is 13.7 Å². The molecule has 164 valence electrons. The van der Waals surface area contributed by atoms with Crippen molar-refractivity contribution in [2.45, 2.75) is 69.7 Å². The summed E-state index contributed by atoms with van der Waals surface area (Å²) in [6.45, 7) is 1.29. The summed E-state index contributed by atoms with van der Waals surface area (Å²) in [7, 11) is 1.67. The van der Waals surface area contributed by atoms with Crippen LogP contribution >= 0.6 is 0 Å². The molecule has 2 heterocycles. The number of carbonyl (C=O) groups excluding carboxylic acids is 1. The summed E-state index contributed by atoms with van der Waals surface area (Å²) >= 11 is 0. The van der Waals surface area contributed by atoms with Crippen LogP contribution in [-0.4, -0.2) is 49.4 Å². The quantitative estimate of drug-likeness (QED) is 0.518. The van der Waals surface area contributed by atoms with E-state index in [0.717, 1.165) is 37.0 Å². The molecule has 3 fully saturated rings. The van der Waals surface area contributed by atoms with Crippen molar-refractivity contribution in [3.8, 4) is 0 Å². The highest BCUT2D eigenvalue weighted by Gasteiger charge is 2.50. The predicted molar refractivity (Wildman–Crippen MR) is 111 cm³/mol. The van der Waals surface area contributed by atoms with E-state index in [4.69, 9.17) is 18.9 Å². The molecule has 0 radical (unpaired) electrons. The lowest BCUT2D eigenvalue weighted by Gasteiger charge is -2.28. The van der Waals surface area contributed by atoms with Gasteiger partial charge in [0.2, 0.25) is 0 Å². The van der Waals surface area contributed by atoms with Gasteiger partial charge in [-0.2, -0.15) is 0 Å². The smallest absolute Gasteiger partial charge is 0.306 e. The number of methoxy groups -OCH3 is 1. The zero-order chi connectivity index (χ0) is 20.9. The van der Waals surface area contributed by atoms with E-state index in [-0.39, 0.29) is 36.3 Å². The monoisotopic (exact) mass is 416 g/mol. The van der Waals surface area contributed by atoms with Gasteiger partial charge in [0, 0.05) is 38.4 Å². The van der Waals surface area contributed by atoms with Crippen LogP contribution in [0.25, 0.3) is 0 Å². The third-order valence-corrected chi connectivity index (χ3v) is 6.32. The van der Waals surface area contributed by atoms with Gasteiger partial charge in [0.1, 0.15) is 6.10 Å². The van der Waals surface area contributed by atoms with Crippen molar-refractivity contribution >= 4 is 5.97 Å². The Morgan fingerprint density at radius 2 is 2.17 bits per heavy atom. The zero-order valence-corrected chi connectivity index (χ0v) is 17.6. The minimum Gasteiger partial charge on any atom is -0.462 e. The van der Waals surface area contributed by atoms with Gasteiger partial charge in [0.05, 0.1) is 25.2 Å². The third kappa shape index (κ3) is 5.30. The number of ether oxygens (including phenoxy) is 4. The minimum atomic E-state index is -0.605. The Balaban J connectivity index is 1.40. The Labute approximate surface area is 178 Å². The predicted octanol–water partition coefficient (Wildman–Crippen LogP) is 3.16. The maximum atomic E-state index is 11.8. The highest BCUT2D eigenvalue weighted by molar-refractivity contribution is 5.72. The molecule has 1 N–H and O–H groups in total. The summed E-state index contributed by atoms with van der Waals surface area (Å²) in [4.78, 5) is 11.8. The first-order valence-corrected chi connectivity index (χ1v) is 11.0. The number of carbonyl (C=O) groups is 1. The number of fused-ring (bicyclic) bond motifs is 1. The van der Waals surface area contributed by atoms with E-state index in [1.54, 1.807) is 7.11 Å². The van der Waals surface area contributed by atoms with E-state index < -0.39 is 6.10 Å². The topological polar surface area (TPSA) is 74.2 Å². The van der Waals surface area contributed by atoms with Gasteiger partial charge in [-0.3, -0.25) is 4.79 Å². The molecule has 1 aromatic carbocycles. The Bertz CT molecular complexity index is 741.